The Labute approximate surface area is 178 Å². The van der Waals surface area contributed by atoms with Crippen LogP contribution in [-0.4, -0.2) is 70.2 Å². The summed E-state index contributed by atoms with van der Waals surface area (Å²) in [5.74, 6) is 0.494. The highest BCUT2D eigenvalue weighted by molar-refractivity contribution is 5.95. The van der Waals surface area contributed by atoms with E-state index in [4.69, 9.17) is 4.52 Å². The van der Waals surface area contributed by atoms with Crippen LogP contribution in [0.2, 0.25) is 0 Å². The monoisotopic (exact) mass is 422 g/mol. The molecule has 1 fully saturated rings. The van der Waals surface area contributed by atoms with Crippen LogP contribution in [0, 0.1) is 0 Å². The normalized spacial score (nSPS) is 14.3. The maximum absolute atomic E-state index is 13.0. The Kier molecular flexibility index (Phi) is 5.87. The van der Waals surface area contributed by atoms with Crippen molar-refractivity contribution in [2.45, 2.75) is 18.9 Å². The van der Waals surface area contributed by atoms with Gasteiger partial charge in [-0.15, -0.1) is 0 Å². The van der Waals surface area contributed by atoms with Crippen LogP contribution in [-0.2, 0) is 4.74 Å². The first-order valence-electron chi connectivity index (χ1n) is 9.86. The molecule has 3 aromatic rings. The quantitative estimate of drug-likeness (QED) is 0.570. The number of aromatic nitrogens is 4. The van der Waals surface area contributed by atoms with Crippen molar-refractivity contribution in [1.82, 2.24) is 25.0 Å². The average molecular weight is 422 g/mol. The van der Waals surface area contributed by atoms with E-state index < -0.39 is 5.97 Å². The van der Waals surface area contributed by atoms with Crippen LogP contribution < -0.4 is 4.90 Å². The molecule has 3 heterocycles. The summed E-state index contributed by atoms with van der Waals surface area (Å²) >= 11 is 0. The summed E-state index contributed by atoms with van der Waals surface area (Å²) in [5, 5.41) is 3.82. The van der Waals surface area contributed by atoms with Gasteiger partial charge in [0.15, 0.2) is 0 Å². The standard InChI is InChI=1S/C21H22N6O4/c1-26(21-22-11-16(12-23-21)20(29)30-2)17-6-8-27(9-7-17)19(28)15-5-3-4-14(10-15)18-24-13-31-25-18/h3-5,10-13,17H,6-9H2,1-2H3. The molecule has 0 atom stereocenters. The van der Waals surface area contributed by atoms with E-state index in [1.54, 1.807) is 12.1 Å². The summed E-state index contributed by atoms with van der Waals surface area (Å²) in [7, 11) is 3.24. The van der Waals surface area contributed by atoms with Crippen molar-refractivity contribution in [2.75, 3.05) is 32.1 Å². The molecule has 10 nitrogen and oxygen atoms in total. The van der Waals surface area contributed by atoms with Crippen molar-refractivity contribution in [3.63, 3.8) is 0 Å². The first kappa shape index (κ1) is 20.5. The van der Waals surface area contributed by atoms with Gasteiger partial charge in [-0.3, -0.25) is 4.79 Å². The molecule has 0 aliphatic carbocycles. The van der Waals surface area contributed by atoms with Crippen LogP contribution in [0.5, 0.6) is 0 Å². The van der Waals surface area contributed by atoms with E-state index in [0.717, 1.165) is 18.4 Å². The zero-order chi connectivity index (χ0) is 21.8. The number of likely N-dealkylation sites (tertiary alicyclic amines) is 1. The van der Waals surface area contributed by atoms with Gasteiger partial charge >= 0.3 is 5.97 Å². The predicted octanol–water partition coefficient (Wildman–Crippen LogP) is 2.05. The number of rotatable bonds is 5. The second-order valence-electron chi connectivity index (χ2n) is 7.23. The molecule has 0 radical (unpaired) electrons. The molecule has 1 saturated heterocycles. The second kappa shape index (κ2) is 8.90. The number of hydrogen-bond donors (Lipinski definition) is 0. The van der Waals surface area contributed by atoms with Crippen LogP contribution in [0.3, 0.4) is 0 Å². The van der Waals surface area contributed by atoms with Crippen molar-refractivity contribution in [3.8, 4) is 11.4 Å². The Hall–Kier alpha value is -3.82. The van der Waals surface area contributed by atoms with E-state index in [-0.39, 0.29) is 11.9 Å². The number of anilines is 1. The van der Waals surface area contributed by atoms with E-state index in [1.165, 1.54) is 25.9 Å². The first-order chi connectivity index (χ1) is 15.1. The zero-order valence-electron chi connectivity index (χ0n) is 17.3. The van der Waals surface area contributed by atoms with E-state index in [0.29, 0.717) is 36.0 Å². The number of ether oxygens (including phenoxy) is 1. The lowest BCUT2D eigenvalue weighted by Crippen LogP contribution is -2.46. The Bertz CT molecular complexity index is 1050. The first-order valence-corrected chi connectivity index (χ1v) is 9.86. The highest BCUT2D eigenvalue weighted by atomic mass is 16.5. The van der Waals surface area contributed by atoms with Gasteiger partial charge in [-0.05, 0) is 25.0 Å². The summed E-state index contributed by atoms with van der Waals surface area (Å²) in [6, 6.07) is 7.42. The molecule has 160 valence electrons. The Morgan fingerprint density at radius 2 is 1.87 bits per heavy atom. The fourth-order valence-corrected chi connectivity index (χ4v) is 3.62. The number of carbonyl (C=O) groups excluding carboxylic acids is 2. The maximum atomic E-state index is 13.0. The third kappa shape index (κ3) is 4.37. The van der Waals surface area contributed by atoms with Crippen molar-refractivity contribution in [2.24, 2.45) is 0 Å². The minimum atomic E-state index is -0.468. The predicted molar refractivity (Wildman–Crippen MR) is 110 cm³/mol. The summed E-state index contributed by atoms with van der Waals surface area (Å²) < 4.78 is 9.46. The Morgan fingerprint density at radius 3 is 2.52 bits per heavy atom. The lowest BCUT2D eigenvalue weighted by atomic mass is 10.0. The Balaban J connectivity index is 1.37. The molecule has 0 saturated carbocycles. The molecule has 0 spiro atoms. The Morgan fingerprint density at radius 1 is 1.13 bits per heavy atom. The molecule has 4 rings (SSSR count). The molecule has 1 aliphatic heterocycles. The van der Waals surface area contributed by atoms with Crippen LogP contribution in [0.1, 0.15) is 33.6 Å². The van der Waals surface area contributed by atoms with Gasteiger partial charge in [-0.1, -0.05) is 17.3 Å². The van der Waals surface area contributed by atoms with Crippen LogP contribution in [0.15, 0.2) is 47.6 Å². The smallest absolute Gasteiger partial charge is 0.341 e. The van der Waals surface area contributed by atoms with Gasteiger partial charge in [-0.2, -0.15) is 4.98 Å². The fourth-order valence-electron chi connectivity index (χ4n) is 3.62. The van der Waals surface area contributed by atoms with E-state index in [2.05, 4.69) is 24.8 Å². The van der Waals surface area contributed by atoms with Crippen LogP contribution in [0.25, 0.3) is 11.4 Å². The molecular weight excluding hydrogens is 400 g/mol. The minimum Gasteiger partial charge on any atom is -0.465 e. The topological polar surface area (TPSA) is 115 Å². The van der Waals surface area contributed by atoms with Gasteiger partial charge < -0.3 is 19.1 Å². The summed E-state index contributed by atoms with van der Waals surface area (Å²) in [4.78, 5) is 40.9. The highest BCUT2D eigenvalue weighted by Gasteiger charge is 2.27. The molecule has 1 amide bonds. The number of nitrogens with zero attached hydrogens (tertiary/aromatic N) is 6. The van der Waals surface area contributed by atoms with Crippen LogP contribution in [0.4, 0.5) is 5.95 Å². The lowest BCUT2D eigenvalue weighted by Gasteiger charge is -2.36. The number of amides is 1. The SMILES string of the molecule is COC(=O)c1cnc(N(C)C2CCN(C(=O)c3cccc(-c4ncon4)c3)CC2)nc1. The van der Waals surface area contributed by atoms with Crippen molar-refractivity contribution >= 4 is 17.8 Å². The largest absolute Gasteiger partial charge is 0.465 e. The molecule has 31 heavy (non-hydrogen) atoms. The summed E-state index contributed by atoms with van der Waals surface area (Å²) in [5.41, 5.74) is 1.64. The minimum absolute atomic E-state index is 0.0230. The van der Waals surface area contributed by atoms with Gasteiger partial charge in [-0.25, -0.2) is 14.8 Å². The molecule has 0 unspecified atom stereocenters. The number of methoxy groups -OCH3 is 1. The summed E-state index contributed by atoms with van der Waals surface area (Å²) in [6.45, 7) is 1.25. The molecule has 10 heteroatoms. The van der Waals surface area contributed by atoms with Crippen molar-refractivity contribution in [1.29, 1.82) is 0 Å². The van der Waals surface area contributed by atoms with E-state index in [1.807, 2.05) is 29.0 Å². The van der Waals surface area contributed by atoms with Gasteiger partial charge in [0.1, 0.15) is 0 Å². The van der Waals surface area contributed by atoms with Gasteiger partial charge in [0.05, 0.1) is 12.7 Å². The second-order valence-corrected chi connectivity index (χ2v) is 7.23. The molecule has 2 aromatic heterocycles. The molecule has 1 aromatic carbocycles. The van der Waals surface area contributed by atoms with Gasteiger partial charge in [0.25, 0.3) is 5.91 Å². The number of esters is 1. The zero-order valence-corrected chi connectivity index (χ0v) is 17.3. The third-order valence-corrected chi connectivity index (χ3v) is 5.40. The van der Waals surface area contributed by atoms with Crippen LogP contribution >= 0.6 is 0 Å². The number of hydrogen-bond acceptors (Lipinski definition) is 9. The summed E-state index contributed by atoms with van der Waals surface area (Å²) in [6.07, 6.45) is 5.75. The van der Waals surface area contributed by atoms with Crippen molar-refractivity contribution < 1.29 is 18.8 Å². The van der Waals surface area contributed by atoms with Gasteiger partial charge in [0, 0.05) is 49.7 Å². The van der Waals surface area contributed by atoms with E-state index in [9.17, 15) is 9.59 Å². The highest BCUT2D eigenvalue weighted by Crippen LogP contribution is 2.22. The molecular formula is C21H22N6O4. The number of carbonyl (C=O) groups is 2. The molecule has 1 aliphatic rings. The van der Waals surface area contributed by atoms with E-state index >= 15 is 0 Å². The number of benzene rings is 1. The molecule has 0 N–H and O–H groups in total. The maximum Gasteiger partial charge on any atom is 0.341 e. The third-order valence-electron chi connectivity index (χ3n) is 5.40. The molecule has 0 bridgehead atoms. The van der Waals surface area contributed by atoms with Crippen molar-refractivity contribution in [3.05, 3.63) is 54.2 Å². The average Bonchev–Trinajstić information content (AvgIpc) is 3.38. The lowest BCUT2D eigenvalue weighted by molar-refractivity contribution is 0.0599. The van der Waals surface area contributed by atoms with Gasteiger partial charge in [0.2, 0.25) is 18.2 Å². The fraction of sp³-hybridized carbons (Fsp3) is 0.333. The number of piperidine rings is 1.